The standard InChI is InChI=1S/C29H27F5O2/c1-3-5-6-17-7-8-18(15-23(17)30)24-13-9-19(16-36-24)20-10-11-21(27(32)26(20)31)22-12-14-25(35-4-2)29(34)28(22)33/h3,7-8,10-12,14-15,19,24H,1,4-6,9,13,16H2,2H3. The van der Waals surface area contributed by atoms with E-state index in [9.17, 15) is 17.6 Å². The number of aryl methyl sites for hydroxylation is 1. The Morgan fingerprint density at radius 3 is 2.28 bits per heavy atom. The van der Waals surface area contributed by atoms with Gasteiger partial charge in [0.05, 0.1) is 19.3 Å². The quantitative estimate of drug-likeness (QED) is 0.228. The molecule has 2 unspecified atom stereocenters. The fourth-order valence-corrected chi connectivity index (χ4v) is 4.58. The molecule has 4 rings (SSSR count). The SMILES string of the molecule is C=CCCc1ccc(C2CCC(c3ccc(-c4ccc(OCC)c(F)c4F)c(F)c3F)CO2)cc1F. The van der Waals surface area contributed by atoms with Crippen molar-refractivity contribution in [1.82, 2.24) is 0 Å². The molecule has 1 fully saturated rings. The second-order valence-electron chi connectivity index (χ2n) is 8.78. The zero-order chi connectivity index (χ0) is 25.8. The average molecular weight is 503 g/mol. The summed E-state index contributed by atoms with van der Waals surface area (Å²) in [6, 6.07) is 10.00. The van der Waals surface area contributed by atoms with E-state index in [1.807, 2.05) is 6.07 Å². The fourth-order valence-electron chi connectivity index (χ4n) is 4.58. The van der Waals surface area contributed by atoms with Gasteiger partial charge in [-0.1, -0.05) is 30.3 Å². The van der Waals surface area contributed by atoms with Crippen molar-refractivity contribution in [3.05, 3.63) is 101 Å². The molecule has 2 atom stereocenters. The molecular formula is C29H27F5O2. The Kier molecular flexibility index (Phi) is 8.09. The fraction of sp³-hybridized carbons (Fsp3) is 0.310. The Balaban J connectivity index is 1.50. The van der Waals surface area contributed by atoms with Crippen LogP contribution in [0.1, 0.15) is 54.9 Å². The molecule has 1 saturated heterocycles. The van der Waals surface area contributed by atoms with Gasteiger partial charge in [-0.15, -0.1) is 6.58 Å². The second kappa shape index (κ2) is 11.2. The van der Waals surface area contributed by atoms with Gasteiger partial charge in [0.1, 0.15) is 5.82 Å². The van der Waals surface area contributed by atoms with Crippen molar-refractivity contribution < 1.29 is 31.4 Å². The minimum absolute atomic E-state index is 0.104. The summed E-state index contributed by atoms with van der Waals surface area (Å²) < 4.78 is 84.2. The molecule has 0 aliphatic carbocycles. The third-order valence-electron chi connectivity index (χ3n) is 6.53. The Morgan fingerprint density at radius 1 is 0.917 bits per heavy atom. The lowest BCUT2D eigenvalue weighted by Crippen LogP contribution is -2.21. The van der Waals surface area contributed by atoms with Gasteiger partial charge in [0.2, 0.25) is 5.82 Å². The van der Waals surface area contributed by atoms with Crippen molar-refractivity contribution in [3.8, 4) is 16.9 Å². The van der Waals surface area contributed by atoms with Crippen LogP contribution < -0.4 is 4.74 Å². The van der Waals surface area contributed by atoms with Crippen LogP contribution in [0.4, 0.5) is 22.0 Å². The highest BCUT2D eigenvalue weighted by Gasteiger charge is 2.29. The third-order valence-corrected chi connectivity index (χ3v) is 6.53. The lowest BCUT2D eigenvalue weighted by Gasteiger charge is -2.30. The number of benzene rings is 3. The maximum atomic E-state index is 15.1. The van der Waals surface area contributed by atoms with E-state index < -0.39 is 34.8 Å². The van der Waals surface area contributed by atoms with Crippen molar-refractivity contribution >= 4 is 0 Å². The van der Waals surface area contributed by atoms with Gasteiger partial charge in [-0.25, -0.2) is 17.6 Å². The van der Waals surface area contributed by atoms with E-state index in [1.165, 1.54) is 24.3 Å². The van der Waals surface area contributed by atoms with Crippen LogP contribution >= 0.6 is 0 Å². The van der Waals surface area contributed by atoms with Crippen LogP contribution in [-0.2, 0) is 11.2 Å². The average Bonchev–Trinajstić information content (AvgIpc) is 2.88. The van der Waals surface area contributed by atoms with E-state index in [1.54, 1.807) is 19.1 Å². The van der Waals surface area contributed by atoms with E-state index in [0.29, 0.717) is 36.8 Å². The molecule has 3 aromatic rings. The van der Waals surface area contributed by atoms with E-state index in [0.717, 1.165) is 6.07 Å². The molecule has 1 aliphatic heterocycles. The second-order valence-corrected chi connectivity index (χ2v) is 8.78. The lowest BCUT2D eigenvalue weighted by molar-refractivity contribution is 0.00147. The molecule has 0 spiro atoms. The van der Waals surface area contributed by atoms with Gasteiger partial charge < -0.3 is 9.47 Å². The smallest absolute Gasteiger partial charge is 0.201 e. The van der Waals surface area contributed by atoms with Crippen molar-refractivity contribution in [2.75, 3.05) is 13.2 Å². The predicted molar refractivity (Wildman–Crippen MR) is 128 cm³/mol. The van der Waals surface area contributed by atoms with E-state index in [4.69, 9.17) is 9.47 Å². The summed E-state index contributed by atoms with van der Waals surface area (Å²) in [5.41, 5.74) is 0.638. The molecule has 0 saturated carbocycles. The number of halogens is 5. The van der Waals surface area contributed by atoms with Gasteiger partial charge in [0.25, 0.3) is 0 Å². The van der Waals surface area contributed by atoms with E-state index in [-0.39, 0.29) is 42.0 Å². The summed E-state index contributed by atoms with van der Waals surface area (Å²) in [7, 11) is 0. The van der Waals surface area contributed by atoms with Gasteiger partial charge in [0, 0.05) is 17.0 Å². The molecule has 3 aromatic carbocycles. The molecule has 0 bridgehead atoms. The van der Waals surface area contributed by atoms with Crippen LogP contribution in [0.5, 0.6) is 5.75 Å². The molecule has 0 radical (unpaired) electrons. The van der Waals surface area contributed by atoms with Crippen LogP contribution in [0.15, 0.2) is 55.1 Å². The van der Waals surface area contributed by atoms with Gasteiger partial charge in [0.15, 0.2) is 23.2 Å². The molecular weight excluding hydrogens is 475 g/mol. The number of ether oxygens (including phenoxy) is 2. The Bertz CT molecular complexity index is 1250. The summed E-state index contributed by atoms with van der Waals surface area (Å²) in [6.07, 6.45) is 3.62. The van der Waals surface area contributed by atoms with Crippen LogP contribution in [0, 0.1) is 29.1 Å². The number of rotatable bonds is 8. The largest absolute Gasteiger partial charge is 0.491 e. The molecule has 2 nitrogen and oxygen atoms in total. The number of allylic oxidation sites excluding steroid dienone is 1. The first-order chi connectivity index (χ1) is 17.3. The summed E-state index contributed by atoms with van der Waals surface area (Å²) >= 11 is 0. The molecule has 0 N–H and O–H groups in total. The zero-order valence-electron chi connectivity index (χ0n) is 19.9. The molecule has 190 valence electrons. The monoisotopic (exact) mass is 502 g/mol. The summed E-state index contributed by atoms with van der Waals surface area (Å²) in [5.74, 6) is -5.96. The summed E-state index contributed by atoms with van der Waals surface area (Å²) in [5, 5.41) is 0. The van der Waals surface area contributed by atoms with E-state index >= 15 is 4.39 Å². The minimum atomic E-state index is -1.31. The van der Waals surface area contributed by atoms with Crippen LogP contribution in [0.2, 0.25) is 0 Å². The predicted octanol–water partition coefficient (Wildman–Crippen LogP) is 8.20. The summed E-state index contributed by atoms with van der Waals surface area (Å²) in [6.45, 7) is 5.52. The van der Waals surface area contributed by atoms with E-state index in [2.05, 4.69) is 6.58 Å². The Morgan fingerprint density at radius 2 is 1.64 bits per heavy atom. The topological polar surface area (TPSA) is 18.5 Å². The van der Waals surface area contributed by atoms with Crippen molar-refractivity contribution in [2.45, 2.75) is 44.6 Å². The van der Waals surface area contributed by atoms with Gasteiger partial charge >= 0.3 is 0 Å². The van der Waals surface area contributed by atoms with Gasteiger partial charge in [-0.3, -0.25) is 0 Å². The summed E-state index contributed by atoms with van der Waals surface area (Å²) in [4.78, 5) is 0. The third kappa shape index (κ3) is 5.16. The molecule has 36 heavy (non-hydrogen) atoms. The highest BCUT2D eigenvalue weighted by atomic mass is 19.2. The normalized spacial score (nSPS) is 17.7. The molecule has 0 amide bonds. The van der Waals surface area contributed by atoms with Crippen molar-refractivity contribution in [3.63, 3.8) is 0 Å². The molecule has 1 aliphatic rings. The van der Waals surface area contributed by atoms with Gasteiger partial charge in [-0.2, -0.15) is 4.39 Å². The van der Waals surface area contributed by atoms with Crippen molar-refractivity contribution in [2.24, 2.45) is 0 Å². The number of hydrogen-bond donors (Lipinski definition) is 0. The van der Waals surface area contributed by atoms with Crippen LogP contribution in [0.3, 0.4) is 0 Å². The van der Waals surface area contributed by atoms with Crippen LogP contribution in [-0.4, -0.2) is 13.2 Å². The first kappa shape index (κ1) is 25.9. The zero-order valence-corrected chi connectivity index (χ0v) is 19.9. The van der Waals surface area contributed by atoms with Gasteiger partial charge in [-0.05, 0) is 67.5 Å². The Hall–Kier alpha value is -3.19. The maximum absolute atomic E-state index is 15.1. The molecule has 1 heterocycles. The minimum Gasteiger partial charge on any atom is -0.491 e. The molecule has 7 heteroatoms. The highest BCUT2D eigenvalue weighted by Crippen LogP contribution is 2.39. The number of hydrogen-bond acceptors (Lipinski definition) is 2. The first-order valence-electron chi connectivity index (χ1n) is 12.0. The Labute approximate surface area is 207 Å². The van der Waals surface area contributed by atoms with Crippen molar-refractivity contribution in [1.29, 1.82) is 0 Å². The maximum Gasteiger partial charge on any atom is 0.201 e. The first-order valence-corrected chi connectivity index (χ1v) is 12.0. The molecule has 0 aromatic heterocycles. The lowest BCUT2D eigenvalue weighted by atomic mass is 9.87. The highest BCUT2D eigenvalue weighted by molar-refractivity contribution is 5.66. The van der Waals surface area contributed by atoms with Crippen LogP contribution in [0.25, 0.3) is 11.1 Å².